The second-order valence-corrected chi connectivity index (χ2v) is 5.13. The zero-order valence-electron chi connectivity index (χ0n) is 10.9. The third kappa shape index (κ3) is 2.78. The van der Waals surface area contributed by atoms with Gasteiger partial charge in [-0.25, -0.2) is 4.98 Å². The Balaban J connectivity index is 2.25. The van der Waals surface area contributed by atoms with Crippen LogP contribution in [0.2, 0.25) is 0 Å². The van der Waals surface area contributed by atoms with Crippen molar-refractivity contribution in [2.75, 3.05) is 12.8 Å². The fraction of sp³-hybridized carbons (Fsp3) is 0.643. The SMILES string of the molecule is CNC1CCCCC(c2c(C)ccnc2N)C1. The number of nitrogens with zero attached hydrogens (tertiary/aromatic N) is 1. The first kappa shape index (κ1) is 12.4. The lowest BCUT2D eigenvalue weighted by Gasteiger charge is -2.22. The van der Waals surface area contributed by atoms with E-state index in [-0.39, 0.29) is 0 Å². The van der Waals surface area contributed by atoms with Crippen LogP contribution in [0.15, 0.2) is 12.3 Å². The molecule has 0 aliphatic heterocycles. The van der Waals surface area contributed by atoms with Crippen LogP contribution in [0, 0.1) is 6.92 Å². The minimum Gasteiger partial charge on any atom is -0.383 e. The first-order chi connectivity index (χ1) is 8.22. The van der Waals surface area contributed by atoms with Gasteiger partial charge in [-0.3, -0.25) is 0 Å². The highest BCUT2D eigenvalue weighted by molar-refractivity contribution is 5.46. The lowest BCUT2D eigenvalue weighted by molar-refractivity contribution is 0.470. The second-order valence-electron chi connectivity index (χ2n) is 5.13. The van der Waals surface area contributed by atoms with Crippen molar-refractivity contribution < 1.29 is 0 Å². The smallest absolute Gasteiger partial charge is 0.127 e. The molecule has 1 saturated carbocycles. The zero-order chi connectivity index (χ0) is 12.3. The Morgan fingerprint density at radius 1 is 1.35 bits per heavy atom. The van der Waals surface area contributed by atoms with Crippen LogP contribution in [0.25, 0.3) is 0 Å². The molecule has 1 aliphatic carbocycles. The van der Waals surface area contributed by atoms with Crippen molar-refractivity contribution >= 4 is 5.82 Å². The normalized spacial score (nSPS) is 25.5. The Hall–Kier alpha value is -1.09. The largest absolute Gasteiger partial charge is 0.383 e. The van der Waals surface area contributed by atoms with E-state index in [1.165, 1.54) is 43.2 Å². The van der Waals surface area contributed by atoms with Crippen LogP contribution in [-0.2, 0) is 0 Å². The number of nitrogens with one attached hydrogen (secondary N) is 1. The third-order valence-electron chi connectivity index (χ3n) is 3.98. The number of aromatic nitrogens is 1. The average molecular weight is 233 g/mol. The molecule has 0 aromatic carbocycles. The predicted molar refractivity (Wildman–Crippen MR) is 72.1 cm³/mol. The standard InChI is InChI=1S/C14H23N3/c1-10-7-8-17-14(15)13(10)11-5-3-4-6-12(9-11)16-2/h7-8,11-12,16H,3-6,9H2,1-2H3,(H2,15,17). The van der Waals surface area contributed by atoms with E-state index in [1.807, 2.05) is 0 Å². The number of hydrogen-bond donors (Lipinski definition) is 2. The van der Waals surface area contributed by atoms with Gasteiger partial charge < -0.3 is 11.1 Å². The van der Waals surface area contributed by atoms with Gasteiger partial charge in [0.2, 0.25) is 0 Å². The molecule has 1 aromatic rings. The maximum absolute atomic E-state index is 6.06. The van der Waals surface area contributed by atoms with E-state index in [2.05, 4.69) is 30.3 Å². The van der Waals surface area contributed by atoms with Gasteiger partial charge in [-0.1, -0.05) is 12.8 Å². The summed E-state index contributed by atoms with van der Waals surface area (Å²) in [4.78, 5) is 4.25. The Kier molecular flexibility index (Phi) is 4.00. The Morgan fingerprint density at radius 2 is 2.12 bits per heavy atom. The number of pyridine rings is 1. The molecule has 17 heavy (non-hydrogen) atoms. The molecule has 1 fully saturated rings. The topological polar surface area (TPSA) is 50.9 Å². The lowest BCUT2D eigenvalue weighted by Crippen LogP contribution is -2.26. The third-order valence-corrected chi connectivity index (χ3v) is 3.98. The summed E-state index contributed by atoms with van der Waals surface area (Å²) in [5, 5.41) is 3.42. The molecule has 1 aromatic heterocycles. The molecule has 3 nitrogen and oxygen atoms in total. The van der Waals surface area contributed by atoms with Crippen LogP contribution in [0.1, 0.15) is 49.1 Å². The Labute approximate surface area is 104 Å². The van der Waals surface area contributed by atoms with Gasteiger partial charge in [0.1, 0.15) is 5.82 Å². The van der Waals surface area contributed by atoms with Gasteiger partial charge in [0.05, 0.1) is 0 Å². The number of rotatable bonds is 2. The summed E-state index contributed by atoms with van der Waals surface area (Å²) in [6, 6.07) is 2.70. The lowest BCUT2D eigenvalue weighted by atomic mass is 9.88. The van der Waals surface area contributed by atoms with Crippen LogP contribution >= 0.6 is 0 Å². The Morgan fingerprint density at radius 3 is 2.82 bits per heavy atom. The van der Waals surface area contributed by atoms with E-state index in [1.54, 1.807) is 6.20 Å². The fourth-order valence-electron chi connectivity index (χ4n) is 3.01. The summed E-state index contributed by atoms with van der Waals surface area (Å²) in [6.07, 6.45) is 8.15. The molecule has 1 heterocycles. The van der Waals surface area contributed by atoms with E-state index in [9.17, 15) is 0 Å². The van der Waals surface area contributed by atoms with Crippen LogP contribution < -0.4 is 11.1 Å². The molecule has 2 rings (SSSR count). The first-order valence-electron chi connectivity index (χ1n) is 6.60. The molecule has 3 heteroatoms. The molecule has 2 atom stereocenters. The molecule has 94 valence electrons. The number of aryl methyl sites for hydroxylation is 1. The number of anilines is 1. The van der Waals surface area contributed by atoms with E-state index >= 15 is 0 Å². The van der Waals surface area contributed by atoms with Crippen LogP contribution in [0.3, 0.4) is 0 Å². The summed E-state index contributed by atoms with van der Waals surface area (Å²) in [6.45, 7) is 2.15. The van der Waals surface area contributed by atoms with E-state index in [4.69, 9.17) is 5.73 Å². The molecule has 1 aliphatic rings. The predicted octanol–water partition coefficient (Wildman–Crippen LogP) is 2.61. The highest BCUT2D eigenvalue weighted by atomic mass is 14.9. The maximum Gasteiger partial charge on any atom is 0.127 e. The zero-order valence-corrected chi connectivity index (χ0v) is 10.9. The van der Waals surface area contributed by atoms with Gasteiger partial charge in [-0.05, 0) is 50.8 Å². The molecule has 0 spiro atoms. The van der Waals surface area contributed by atoms with E-state index in [0.29, 0.717) is 12.0 Å². The van der Waals surface area contributed by atoms with Crippen molar-refractivity contribution in [3.63, 3.8) is 0 Å². The van der Waals surface area contributed by atoms with Crippen molar-refractivity contribution in [1.82, 2.24) is 10.3 Å². The Bertz CT molecular complexity index is 355. The maximum atomic E-state index is 6.06. The van der Waals surface area contributed by atoms with Crippen molar-refractivity contribution in [3.05, 3.63) is 23.4 Å². The highest BCUT2D eigenvalue weighted by Crippen LogP contribution is 2.35. The van der Waals surface area contributed by atoms with E-state index in [0.717, 1.165) is 5.82 Å². The number of nitrogen functional groups attached to an aromatic ring is 1. The van der Waals surface area contributed by atoms with Crippen molar-refractivity contribution in [3.8, 4) is 0 Å². The highest BCUT2D eigenvalue weighted by Gasteiger charge is 2.23. The van der Waals surface area contributed by atoms with Gasteiger partial charge in [0, 0.05) is 17.8 Å². The molecule has 0 amide bonds. The molecule has 3 N–H and O–H groups in total. The summed E-state index contributed by atoms with van der Waals surface area (Å²) < 4.78 is 0. The van der Waals surface area contributed by atoms with Crippen LogP contribution in [0.4, 0.5) is 5.82 Å². The van der Waals surface area contributed by atoms with Crippen molar-refractivity contribution in [1.29, 1.82) is 0 Å². The molecular formula is C14H23N3. The van der Waals surface area contributed by atoms with Gasteiger partial charge in [0.25, 0.3) is 0 Å². The van der Waals surface area contributed by atoms with Gasteiger partial charge in [0.15, 0.2) is 0 Å². The monoisotopic (exact) mass is 233 g/mol. The van der Waals surface area contributed by atoms with Crippen molar-refractivity contribution in [2.24, 2.45) is 0 Å². The van der Waals surface area contributed by atoms with Crippen LogP contribution in [-0.4, -0.2) is 18.1 Å². The average Bonchev–Trinajstić information content (AvgIpc) is 2.54. The summed E-state index contributed by atoms with van der Waals surface area (Å²) in [5.74, 6) is 1.30. The second kappa shape index (κ2) is 5.50. The molecule has 0 saturated heterocycles. The van der Waals surface area contributed by atoms with Gasteiger partial charge in [-0.15, -0.1) is 0 Å². The molecule has 2 unspecified atom stereocenters. The first-order valence-corrected chi connectivity index (χ1v) is 6.60. The molecule has 0 bridgehead atoms. The van der Waals surface area contributed by atoms with E-state index < -0.39 is 0 Å². The van der Waals surface area contributed by atoms with Crippen molar-refractivity contribution in [2.45, 2.75) is 51.0 Å². The summed E-state index contributed by atoms with van der Waals surface area (Å²) in [7, 11) is 2.06. The molecule has 0 radical (unpaired) electrons. The minimum atomic E-state index is 0.573. The minimum absolute atomic E-state index is 0.573. The summed E-state index contributed by atoms with van der Waals surface area (Å²) >= 11 is 0. The van der Waals surface area contributed by atoms with Crippen LogP contribution in [0.5, 0.6) is 0 Å². The fourth-order valence-corrected chi connectivity index (χ4v) is 3.01. The number of nitrogens with two attached hydrogens (primary N) is 1. The number of hydrogen-bond acceptors (Lipinski definition) is 3. The molecular weight excluding hydrogens is 210 g/mol. The van der Waals surface area contributed by atoms with Gasteiger partial charge >= 0.3 is 0 Å². The van der Waals surface area contributed by atoms with Gasteiger partial charge in [-0.2, -0.15) is 0 Å². The quantitative estimate of drug-likeness (QED) is 0.772. The summed E-state index contributed by atoms with van der Waals surface area (Å²) in [5.41, 5.74) is 8.64.